The van der Waals surface area contributed by atoms with Crippen LogP contribution >= 0.6 is 0 Å². The standard InChI is InChI=1S/C17H22N2O2/c1-10-8-11(9-10)19-14-12(15(20)21)6-5-7-13(14)18-16(19)17(2,3)4/h5-7,10-11H,8-9H2,1-4H3,(H,20,21). The third-order valence-corrected chi connectivity index (χ3v) is 4.33. The van der Waals surface area contributed by atoms with Crippen molar-refractivity contribution in [3.05, 3.63) is 29.6 Å². The molecule has 1 heterocycles. The number of imidazole rings is 1. The van der Waals surface area contributed by atoms with Crippen LogP contribution < -0.4 is 0 Å². The summed E-state index contributed by atoms with van der Waals surface area (Å²) in [6.07, 6.45) is 2.20. The molecule has 1 aromatic heterocycles. The van der Waals surface area contributed by atoms with Gasteiger partial charge in [0.05, 0.1) is 16.6 Å². The fourth-order valence-electron chi connectivity index (χ4n) is 3.28. The van der Waals surface area contributed by atoms with Gasteiger partial charge in [-0.15, -0.1) is 0 Å². The maximum Gasteiger partial charge on any atom is 0.337 e. The molecule has 1 fully saturated rings. The Hall–Kier alpha value is -1.84. The number of carboxylic acid groups (broad SMARTS) is 1. The number of hydrogen-bond acceptors (Lipinski definition) is 2. The molecule has 1 N–H and O–H groups in total. The van der Waals surface area contributed by atoms with E-state index in [1.54, 1.807) is 12.1 Å². The highest BCUT2D eigenvalue weighted by atomic mass is 16.4. The third-order valence-electron chi connectivity index (χ3n) is 4.33. The Labute approximate surface area is 124 Å². The van der Waals surface area contributed by atoms with Gasteiger partial charge in [-0.3, -0.25) is 0 Å². The van der Waals surface area contributed by atoms with Crippen molar-refractivity contribution in [3.8, 4) is 0 Å². The molecule has 0 aliphatic heterocycles. The number of carbonyl (C=O) groups is 1. The first-order valence-corrected chi connectivity index (χ1v) is 7.53. The molecule has 0 amide bonds. The zero-order valence-electron chi connectivity index (χ0n) is 13.1. The summed E-state index contributed by atoms with van der Waals surface area (Å²) < 4.78 is 2.19. The maximum atomic E-state index is 11.6. The fourth-order valence-corrected chi connectivity index (χ4v) is 3.28. The number of rotatable bonds is 2. The molecule has 3 rings (SSSR count). The Kier molecular flexibility index (Phi) is 3.08. The predicted molar refractivity (Wildman–Crippen MR) is 82.8 cm³/mol. The van der Waals surface area contributed by atoms with E-state index in [-0.39, 0.29) is 5.41 Å². The van der Waals surface area contributed by atoms with Crippen LogP contribution in [-0.2, 0) is 5.41 Å². The van der Waals surface area contributed by atoms with Gasteiger partial charge in [0.2, 0.25) is 0 Å². The van der Waals surface area contributed by atoms with E-state index in [9.17, 15) is 9.90 Å². The third kappa shape index (κ3) is 2.23. The van der Waals surface area contributed by atoms with Gasteiger partial charge < -0.3 is 9.67 Å². The zero-order valence-corrected chi connectivity index (χ0v) is 13.1. The Balaban J connectivity index is 2.30. The number of para-hydroxylation sites is 1. The second-order valence-corrected chi connectivity index (χ2v) is 7.26. The molecule has 1 aromatic carbocycles. The predicted octanol–water partition coefficient (Wildman–Crippen LogP) is 4.00. The number of nitrogens with zero attached hydrogens (tertiary/aromatic N) is 2. The molecule has 1 aliphatic carbocycles. The number of fused-ring (bicyclic) bond motifs is 1. The van der Waals surface area contributed by atoms with E-state index in [0.717, 1.165) is 29.7 Å². The van der Waals surface area contributed by atoms with E-state index >= 15 is 0 Å². The number of carboxylic acids is 1. The van der Waals surface area contributed by atoms with Crippen molar-refractivity contribution >= 4 is 17.0 Å². The van der Waals surface area contributed by atoms with E-state index in [4.69, 9.17) is 4.98 Å². The first kappa shape index (κ1) is 14.1. The summed E-state index contributed by atoms with van der Waals surface area (Å²) in [7, 11) is 0. The summed E-state index contributed by atoms with van der Waals surface area (Å²) >= 11 is 0. The summed E-state index contributed by atoms with van der Waals surface area (Å²) in [5, 5.41) is 9.50. The zero-order chi connectivity index (χ0) is 15.4. The quantitative estimate of drug-likeness (QED) is 0.907. The van der Waals surface area contributed by atoms with Crippen LogP contribution in [0.1, 0.15) is 62.8 Å². The van der Waals surface area contributed by atoms with Crippen LogP contribution in [0.15, 0.2) is 18.2 Å². The molecule has 4 nitrogen and oxygen atoms in total. The number of aromatic carboxylic acids is 1. The summed E-state index contributed by atoms with van der Waals surface area (Å²) in [6, 6.07) is 5.74. The molecule has 21 heavy (non-hydrogen) atoms. The van der Waals surface area contributed by atoms with Crippen molar-refractivity contribution in [1.82, 2.24) is 9.55 Å². The van der Waals surface area contributed by atoms with Crippen molar-refractivity contribution in [2.75, 3.05) is 0 Å². The van der Waals surface area contributed by atoms with Gasteiger partial charge in [-0.05, 0) is 30.9 Å². The van der Waals surface area contributed by atoms with Gasteiger partial charge in [-0.2, -0.15) is 0 Å². The van der Waals surface area contributed by atoms with Crippen molar-refractivity contribution in [2.24, 2.45) is 5.92 Å². The summed E-state index contributed by atoms with van der Waals surface area (Å²) in [5.74, 6) is 0.815. The minimum Gasteiger partial charge on any atom is -0.478 e. The van der Waals surface area contributed by atoms with Crippen LogP contribution in [0.4, 0.5) is 0 Å². The molecule has 0 unspecified atom stereocenters. The van der Waals surface area contributed by atoms with Crippen LogP contribution in [0.5, 0.6) is 0 Å². The summed E-state index contributed by atoms with van der Waals surface area (Å²) in [5.41, 5.74) is 1.83. The van der Waals surface area contributed by atoms with Crippen molar-refractivity contribution in [1.29, 1.82) is 0 Å². The van der Waals surface area contributed by atoms with Crippen LogP contribution in [0.2, 0.25) is 0 Å². The van der Waals surface area contributed by atoms with Crippen LogP contribution in [0.25, 0.3) is 11.0 Å². The van der Waals surface area contributed by atoms with Gasteiger partial charge in [0, 0.05) is 11.5 Å². The largest absolute Gasteiger partial charge is 0.478 e. The lowest BCUT2D eigenvalue weighted by atomic mass is 9.80. The second kappa shape index (κ2) is 4.58. The lowest BCUT2D eigenvalue weighted by molar-refractivity contribution is 0.0698. The molecule has 1 saturated carbocycles. The average molecular weight is 286 g/mol. The molecule has 0 saturated heterocycles. The minimum atomic E-state index is -0.880. The highest BCUT2D eigenvalue weighted by Gasteiger charge is 2.34. The smallest absolute Gasteiger partial charge is 0.337 e. The van der Waals surface area contributed by atoms with E-state index in [0.29, 0.717) is 17.5 Å². The Morgan fingerprint density at radius 3 is 2.52 bits per heavy atom. The van der Waals surface area contributed by atoms with E-state index in [1.165, 1.54) is 0 Å². The monoisotopic (exact) mass is 286 g/mol. The van der Waals surface area contributed by atoms with Gasteiger partial charge in [0.25, 0.3) is 0 Å². The topological polar surface area (TPSA) is 55.1 Å². The van der Waals surface area contributed by atoms with Gasteiger partial charge in [-0.1, -0.05) is 33.8 Å². The van der Waals surface area contributed by atoms with Crippen LogP contribution in [0, 0.1) is 5.92 Å². The average Bonchev–Trinajstić information content (AvgIpc) is 2.73. The molecule has 2 aromatic rings. The minimum absolute atomic E-state index is 0.104. The summed E-state index contributed by atoms with van der Waals surface area (Å²) in [4.78, 5) is 16.3. The number of benzene rings is 1. The normalized spacial score (nSPS) is 22.3. The van der Waals surface area contributed by atoms with E-state index in [2.05, 4.69) is 32.3 Å². The number of aromatic nitrogens is 2. The lowest BCUT2D eigenvalue weighted by Gasteiger charge is -2.37. The van der Waals surface area contributed by atoms with Gasteiger partial charge in [-0.25, -0.2) is 9.78 Å². The SMILES string of the molecule is CC1CC(n2c(C(C)(C)C)nc3cccc(C(=O)O)c32)C1. The molecule has 112 valence electrons. The summed E-state index contributed by atoms with van der Waals surface area (Å²) in [6.45, 7) is 8.64. The molecule has 0 bridgehead atoms. The van der Waals surface area contributed by atoms with Gasteiger partial charge >= 0.3 is 5.97 Å². The molecular formula is C17H22N2O2. The van der Waals surface area contributed by atoms with Crippen LogP contribution in [-0.4, -0.2) is 20.6 Å². The molecule has 1 aliphatic rings. The molecule has 0 atom stereocenters. The van der Waals surface area contributed by atoms with Crippen molar-refractivity contribution in [2.45, 2.75) is 52.0 Å². The number of hydrogen-bond donors (Lipinski definition) is 1. The Morgan fingerprint density at radius 1 is 1.33 bits per heavy atom. The van der Waals surface area contributed by atoms with Crippen molar-refractivity contribution < 1.29 is 9.90 Å². The highest BCUT2D eigenvalue weighted by molar-refractivity contribution is 6.01. The molecule has 0 spiro atoms. The Morgan fingerprint density at radius 2 is 2.00 bits per heavy atom. The van der Waals surface area contributed by atoms with Crippen molar-refractivity contribution in [3.63, 3.8) is 0 Å². The second-order valence-electron chi connectivity index (χ2n) is 7.26. The maximum absolute atomic E-state index is 11.6. The Bertz CT molecular complexity index is 703. The van der Waals surface area contributed by atoms with E-state index < -0.39 is 5.97 Å². The van der Waals surface area contributed by atoms with Gasteiger partial charge in [0.1, 0.15) is 5.82 Å². The van der Waals surface area contributed by atoms with Gasteiger partial charge in [0.15, 0.2) is 0 Å². The van der Waals surface area contributed by atoms with Crippen LogP contribution in [0.3, 0.4) is 0 Å². The first-order chi connectivity index (χ1) is 9.79. The van der Waals surface area contributed by atoms with E-state index in [1.807, 2.05) is 6.07 Å². The molecule has 4 heteroatoms. The lowest BCUT2D eigenvalue weighted by Crippen LogP contribution is -2.30. The first-order valence-electron chi connectivity index (χ1n) is 7.53. The molecular weight excluding hydrogens is 264 g/mol. The highest BCUT2D eigenvalue weighted by Crippen LogP contribution is 2.42. The molecule has 0 radical (unpaired) electrons. The fraction of sp³-hybridized carbons (Fsp3) is 0.529.